The quantitative estimate of drug-likeness (QED) is 0.351. The first-order valence-corrected chi connectivity index (χ1v) is 16.6. The van der Waals surface area contributed by atoms with Gasteiger partial charge in [0.1, 0.15) is 11.1 Å². The molecule has 8 heteroatoms. The molecule has 1 amide bonds. The second-order valence-corrected chi connectivity index (χ2v) is 17.5. The van der Waals surface area contributed by atoms with Crippen LogP contribution in [0.4, 0.5) is 4.79 Å². The van der Waals surface area contributed by atoms with Crippen LogP contribution in [0.5, 0.6) is 0 Å². The van der Waals surface area contributed by atoms with E-state index in [0.717, 1.165) is 50.5 Å². The van der Waals surface area contributed by atoms with E-state index in [9.17, 15) is 14.4 Å². The van der Waals surface area contributed by atoms with Crippen LogP contribution in [0.1, 0.15) is 119 Å². The molecule has 1 unspecified atom stereocenters. The standard InChI is InChI=1S/C36H52N2O6/c1-30(2,3)43-29(41)38-35(9)24-11-12-33(7)25(32(24,6)18-21-20-37-44-27(21)35)17-23(39)26-22-19-31(4,5)13-15-36(22,28(40)42-10)16-14-34(26,33)8/h17,20,22,24,26H,11-16,18-19H2,1-10H3,(H,38,41)/t22-,24?,26-,32-,33+,34+,35-,36-/m0/s1. The predicted octanol–water partition coefficient (Wildman–Crippen LogP) is 7.30. The van der Waals surface area contributed by atoms with Gasteiger partial charge in [-0.15, -0.1) is 0 Å². The SMILES string of the molecule is COC(=O)[C@]12CCC(C)(C)C[C@H]1[C@H]1C(=O)C=C3[C@@]4(C)Cc5cnoc5[C@@](C)(NC(=O)OC(C)(C)C)C4CC[C@@]3(C)[C@]1(C)CC2. The summed E-state index contributed by atoms with van der Waals surface area (Å²) in [5.41, 5.74) is -0.951. The molecule has 0 bridgehead atoms. The Morgan fingerprint density at radius 1 is 1.02 bits per heavy atom. The third kappa shape index (κ3) is 4.13. The van der Waals surface area contributed by atoms with Gasteiger partial charge in [-0.2, -0.15) is 0 Å². The van der Waals surface area contributed by atoms with Crippen LogP contribution in [0.3, 0.4) is 0 Å². The second-order valence-electron chi connectivity index (χ2n) is 17.5. The number of ketones is 1. The highest BCUT2D eigenvalue weighted by Gasteiger charge is 2.71. The Hall–Kier alpha value is -2.64. The average molecular weight is 609 g/mol. The van der Waals surface area contributed by atoms with Gasteiger partial charge in [0, 0.05) is 11.5 Å². The molecule has 8 nitrogen and oxygen atoms in total. The summed E-state index contributed by atoms with van der Waals surface area (Å²) in [6, 6.07) is 0. The van der Waals surface area contributed by atoms with Gasteiger partial charge in [0.25, 0.3) is 0 Å². The maximum absolute atomic E-state index is 14.7. The first kappa shape index (κ1) is 31.3. The predicted molar refractivity (Wildman–Crippen MR) is 165 cm³/mol. The molecule has 0 spiro atoms. The number of aromatic nitrogens is 1. The molecule has 242 valence electrons. The van der Waals surface area contributed by atoms with Crippen molar-refractivity contribution in [3.63, 3.8) is 0 Å². The monoisotopic (exact) mass is 608 g/mol. The van der Waals surface area contributed by atoms with Crippen LogP contribution >= 0.6 is 0 Å². The van der Waals surface area contributed by atoms with Gasteiger partial charge in [-0.25, -0.2) is 4.79 Å². The van der Waals surface area contributed by atoms with Crippen LogP contribution < -0.4 is 5.32 Å². The number of allylic oxidation sites excluding steroid dienone is 2. The van der Waals surface area contributed by atoms with Crippen molar-refractivity contribution >= 4 is 17.8 Å². The number of methoxy groups -OCH3 is 1. The van der Waals surface area contributed by atoms with Crippen molar-refractivity contribution in [3.8, 4) is 0 Å². The summed E-state index contributed by atoms with van der Waals surface area (Å²) in [6.45, 7) is 19.1. The van der Waals surface area contributed by atoms with Crippen LogP contribution in [0, 0.1) is 44.8 Å². The van der Waals surface area contributed by atoms with Crippen molar-refractivity contribution in [1.82, 2.24) is 10.5 Å². The summed E-state index contributed by atoms with van der Waals surface area (Å²) in [4.78, 5) is 41.5. The maximum atomic E-state index is 14.7. The molecule has 5 aliphatic rings. The number of fused-ring (bicyclic) bond motifs is 8. The highest BCUT2D eigenvalue weighted by molar-refractivity contribution is 5.96. The minimum atomic E-state index is -0.871. The summed E-state index contributed by atoms with van der Waals surface area (Å²) < 4.78 is 17.1. The first-order valence-electron chi connectivity index (χ1n) is 16.6. The lowest BCUT2D eigenvalue weighted by molar-refractivity contribution is -0.191. The second kappa shape index (κ2) is 9.45. The molecule has 6 rings (SSSR count). The Bertz CT molecular complexity index is 1440. The smallest absolute Gasteiger partial charge is 0.408 e. The van der Waals surface area contributed by atoms with E-state index in [1.807, 2.05) is 33.8 Å². The maximum Gasteiger partial charge on any atom is 0.408 e. The van der Waals surface area contributed by atoms with Crippen molar-refractivity contribution in [2.24, 2.45) is 44.8 Å². The summed E-state index contributed by atoms with van der Waals surface area (Å²) in [5, 5.41) is 7.39. The fraction of sp³-hybridized carbons (Fsp3) is 0.778. The van der Waals surface area contributed by atoms with Gasteiger partial charge in [0.15, 0.2) is 11.5 Å². The van der Waals surface area contributed by atoms with E-state index in [1.54, 1.807) is 6.20 Å². The largest absolute Gasteiger partial charge is 0.469 e. The Balaban J connectivity index is 1.46. The molecular formula is C36H52N2O6. The van der Waals surface area contributed by atoms with E-state index in [1.165, 1.54) is 12.7 Å². The number of amides is 1. The summed E-state index contributed by atoms with van der Waals surface area (Å²) in [6.07, 6.45) is 9.76. The molecule has 3 fully saturated rings. The van der Waals surface area contributed by atoms with Crippen LogP contribution in [-0.4, -0.2) is 35.7 Å². The van der Waals surface area contributed by atoms with Crippen molar-refractivity contribution in [1.29, 1.82) is 0 Å². The van der Waals surface area contributed by atoms with Crippen LogP contribution in [-0.2, 0) is 31.0 Å². The van der Waals surface area contributed by atoms with E-state index >= 15 is 0 Å². The topological polar surface area (TPSA) is 108 Å². The van der Waals surface area contributed by atoms with Gasteiger partial charge in [0.2, 0.25) is 0 Å². The Kier molecular flexibility index (Phi) is 6.73. The minimum Gasteiger partial charge on any atom is -0.469 e. The molecule has 1 N–H and O–H groups in total. The lowest BCUT2D eigenvalue weighted by Gasteiger charge is -2.69. The molecule has 8 atom stereocenters. The van der Waals surface area contributed by atoms with Gasteiger partial charge >= 0.3 is 12.1 Å². The summed E-state index contributed by atoms with van der Waals surface area (Å²) in [7, 11) is 1.50. The average Bonchev–Trinajstić information content (AvgIpc) is 3.37. The van der Waals surface area contributed by atoms with Gasteiger partial charge in [-0.05, 0) is 119 Å². The number of hydrogen-bond acceptors (Lipinski definition) is 7. The number of alkyl carbamates (subject to hydrolysis) is 1. The number of nitrogens with one attached hydrogen (secondary N) is 1. The number of esters is 1. The number of carbonyl (C=O) groups excluding carboxylic acids is 3. The van der Waals surface area contributed by atoms with Crippen LogP contribution in [0.25, 0.3) is 0 Å². The highest BCUT2D eigenvalue weighted by Crippen LogP contribution is 2.74. The van der Waals surface area contributed by atoms with Crippen LogP contribution in [0.15, 0.2) is 22.4 Å². The number of rotatable bonds is 2. The number of carbonyl (C=O) groups is 3. The summed E-state index contributed by atoms with van der Waals surface area (Å²) >= 11 is 0. The van der Waals surface area contributed by atoms with Crippen molar-refractivity contribution in [2.75, 3.05) is 7.11 Å². The molecule has 1 aromatic rings. The van der Waals surface area contributed by atoms with E-state index in [0.29, 0.717) is 12.2 Å². The Labute approximate surface area is 262 Å². The van der Waals surface area contributed by atoms with E-state index in [4.69, 9.17) is 14.0 Å². The van der Waals surface area contributed by atoms with Gasteiger partial charge in [-0.1, -0.05) is 45.3 Å². The van der Waals surface area contributed by atoms with E-state index < -0.39 is 28.1 Å². The number of hydrogen-bond donors (Lipinski definition) is 1. The lowest BCUT2D eigenvalue weighted by atomic mass is 9.34. The van der Waals surface area contributed by atoms with Gasteiger partial charge in [-0.3, -0.25) is 9.59 Å². The van der Waals surface area contributed by atoms with Crippen LogP contribution in [0.2, 0.25) is 0 Å². The molecular weight excluding hydrogens is 556 g/mol. The third-order valence-electron chi connectivity index (χ3n) is 13.4. The molecule has 3 saturated carbocycles. The van der Waals surface area contributed by atoms with Crippen molar-refractivity contribution in [3.05, 3.63) is 29.2 Å². The molecule has 0 aliphatic heterocycles. The normalized spacial score (nSPS) is 42.4. The van der Waals surface area contributed by atoms with Gasteiger partial charge in [0.05, 0.1) is 18.7 Å². The lowest BCUT2D eigenvalue weighted by Crippen LogP contribution is -2.67. The zero-order valence-electron chi connectivity index (χ0n) is 28.4. The highest BCUT2D eigenvalue weighted by atomic mass is 16.6. The molecule has 1 aromatic heterocycles. The molecule has 0 aromatic carbocycles. The molecule has 0 saturated heterocycles. The fourth-order valence-corrected chi connectivity index (χ4v) is 11.2. The van der Waals surface area contributed by atoms with E-state index in [-0.39, 0.29) is 45.8 Å². The minimum absolute atomic E-state index is 0.0402. The third-order valence-corrected chi connectivity index (χ3v) is 13.4. The number of ether oxygens (including phenoxy) is 2. The van der Waals surface area contributed by atoms with Crippen molar-refractivity contribution in [2.45, 2.75) is 125 Å². The molecule has 44 heavy (non-hydrogen) atoms. The summed E-state index contributed by atoms with van der Waals surface area (Å²) in [5.74, 6) is 0.341. The Morgan fingerprint density at radius 3 is 2.36 bits per heavy atom. The molecule has 5 aliphatic carbocycles. The zero-order chi connectivity index (χ0) is 32.3. The van der Waals surface area contributed by atoms with E-state index in [2.05, 4.69) is 45.1 Å². The number of nitrogens with zero attached hydrogens (tertiary/aromatic N) is 1. The Morgan fingerprint density at radius 2 is 1.70 bits per heavy atom. The molecule has 0 radical (unpaired) electrons. The first-order chi connectivity index (χ1) is 20.3. The van der Waals surface area contributed by atoms with Gasteiger partial charge < -0.3 is 19.3 Å². The zero-order valence-corrected chi connectivity index (χ0v) is 28.4. The fourth-order valence-electron chi connectivity index (χ4n) is 11.2. The van der Waals surface area contributed by atoms with Crippen molar-refractivity contribution < 1.29 is 28.4 Å². The molecule has 1 heterocycles.